The Balaban J connectivity index is 1.83. The Morgan fingerprint density at radius 2 is 1.88 bits per heavy atom. The van der Waals surface area contributed by atoms with Gasteiger partial charge >= 0.3 is 0 Å². The van der Waals surface area contributed by atoms with Crippen LogP contribution in [0.1, 0.15) is 18.4 Å². The Hall–Kier alpha value is -1.64. The highest BCUT2D eigenvalue weighted by Gasteiger charge is 2.33. The first-order chi connectivity index (χ1) is 12.2. The van der Waals surface area contributed by atoms with Crippen molar-refractivity contribution in [3.05, 3.63) is 29.8 Å². The summed E-state index contributed by atoms with van der Waals surface area (Å²) >= 11 is 0. The van der Waals surface area contributed by atoms with E-state index in [0.717, 1.165) is 12.1 Å². The van der Waals surface area contributed by atoms with E-state index in [-0.39, 0.29) is 18.4 Å². The first-order valence-electron chi connectivity index (χ1n) is 8.95. The lowest BCUT2D eigenvalue weighted by atomic mass is 9.99. The fourth-order valence-electron chi connectivity index (χ4n) is 3.02. The van der Waals surface area contributed by atoms with Crippen molar-refractivity contribution in [1.29, 1.82) is 0 Å². The lowest BCUT2D eigenvalue weighted by molar-refractivity contribution is -0.126. The lowest BCUT2D eigenvalue weighted by Crippen LogP contribution is -2.49. The van der Waals surface area contributed by atoms with Crippen molar-refractivity contribution in [2.45, 2.75) is 19.8 Å². The number of benzene rings is 1. The standard InChI is InChI=1S/C18H30N4O3S/c1-15-7-9-17(10-8-15)21(4)13-11-19-18(23)16-6-5-12-22(14-16)26(24,25)20(2)3/h7-10,16H,5-6,11-14H2,1-4H3,(H,19,23)/t16-/m0/s1. The van der Waals surface area contributed by atoms with Crippen molar-refractivity contribution in [1.82, 2.24) is 13.9 Å². The normalized spacial score (nSPS) is 18.7. The molecule has 0 radical (unpaired) electrons. The molecule has 1 aliphatic rings. The number of nitrogens with one attached hydrogen (secondary N) is 1. The first-order valence-corrected chi connectivity index (χ1v) is 10.3. The topological polar surface area (TPSA) is 73.0 Å². The molecule has 1 saturated heterocycles. The maximum Gasteiger partial charge on any atom is 0.281 e. The quantitative estimate of drug-likeness (QED) is 0.766. The van der Waals surface area contributed by atoms with Gasteiger partial charge < -0.3 is 10.2 Å². The Morgan fingerprint density at radius 1 is 1.23 bits per heavy atom. The zero-order chi connectivity index (χ0) is 19.3. The Kier molecular flexibility index (Phi) is 7.02. The van der Waals surface area contributed by atoms with Crippen LogP contribution in [-0.2, 0) is 15.0 Å². The highest BCUT2D eigenvalue weighted by atomic mass is 32.2. The molecular formula is C18H30N4O3S. The average molecular weight is 383 g/mol. The number of rotatable bonds is 7. The van der Waals surface area contributed by atoms with Crippen LogP contribution >= 0.6 is 0 Å². The van der Waals surface area contributed by atoms with Gasteiger partial charge in [-0.15, -0.1) is 0 Å². The minimum absolute atomic E-state index is 0.0686. The fraction of sp³-hybridized carbons (Fsp3) is 0.611. The number of amides is 1. The van der Waals surface area contributed by atoms with Gasteiger partial charge in [-0.05, 0) is 31.9 Å². The molecule has 1 fully saturated rings. The van der Waals surface area contributed by atoms with Gasteiger partial charge in [0, 0.05) is 53.0 Å². The molecule has 0 saturated carbocycles. The van der Waals surface area contributed by atoms with Gasteiger partial charge in [0.1, 0.15) is 0 Å². The minimum Gasteiger partial charge on any atom is -0.373 e. The van der Waals surface area contributed by atoms with E-state index in [1.54, 1.807) is 0 Å². The summed E-state index contributed by atoms with van der Waals surface area (Å²) in [7, 11) is 1.56. The Labute approximate surface area is 157 Å². The summed E-state index contributed by atoms with van der Waals surface area (Å²) in [6, 6.07) is 8.24. The van der Waals surface area contributed by atoms with Crippen LogP contribution < -0.4 is 10.2 Å². The van der Waals surface area contributed by atoms with Crippen LogP contribution in [0.3, 0.4) is 0 Å². The zero-order valence-electron chi connectivity index (χ0n) is 16.1. The van der Waals surface area contributed by atoms with Crippen molar-refractivity contribution in [3.8, 4) is 0 Å². The molecule has 0 aliphatic carbocycles. The molecule has 146 valence electrons. The molecule has 1 amide bonds. The molecule has 0 bridgehead atoms. The Morgan fingerprint density at radius 3 is 2.50 bits per heavy atom. The van der Waals surface area contributed by atoms with Gasteiger partial charge in [0.05, 0.1) is 5.92 Å². The molecule has 0 aromatic heterocycles. The number of carbonyl (C=O) groups excluding carboxylic acids is 1. The molecule has 1 N–H and O–H groups in total. The van der Waals surface area contributed by atoms with Crippen molar-refractivity contribution >= 4 is 21.8 Å². The number of hydrogen-bond acceptors (Lipinski definition) is 4. The highest BCUT2D eigenvalue weighted by Crippen LogP contribution is 2.20. The second-order valence-electron chi connectivity index (χ2n) is 7.04. The van der Waals surface area contributed by atoms with Crippen LogP contribution in [0.4, 0.5) is 5.69 Å². The molecule has 2 rings (SSSR count). The van der Waals surface area contributed by atoms with Crippen LogP contribution in [0, 0.1) is 12.8 Å². The number of carbonyl (C=O) groups is 1. The van der Waals surface area contributed by atoms with Crippen molar-refractivity contribution < 1.29 is 13.2 Å². The smallest absolute Gasteiger partial charge is 0.281 e. The van der Waals surface area contributed by atoms with E-state index >= 15 is 0 Å². The fourth-order valence-corrected chi connectivity index (χ4v) is 4.21. The average Bonchev–Trinajstić information content (AvgIpc) is 2.62. The predicted molar refractivity (Wildman–Crippen MR) is 104 cm³/mol. The van der Waals surface area contributed by atoms with E-state index in [1.165, 1.54) is 28.3 Å². The van der Waals surface area contributed by atoms with Crippen LogP contribution in [0.15, 0.2) is 24.3 Å². The summed E-state index contributed by atoms with van der Waals surface area (Å²) in [5.41, 5.74) is 2.32. The van der Waals surface area contributed by atoms with Crippen LogP contribution in [0.25, 0.3) is 0 Å². The Bertz CT molecular complexity index is 704. The number of nitrogens with zero attached hydrogens (tertiary/aromatic N) is 3. The van der Waals surface area contributed by atoms with E-state index in [4.69, 9.17) is 0 Å². The molecule has 8 heteroatoms. The maximum atomic E-state index is 12.4. The highest BCUT2D eigenvalue weighted by molar-refractivity contribution is 7.86. The molecule has 1 aromatic rings. The van der Waals surface area contributed by atoms with Crippen molar-refractivity contribution in [2.24, 2.45) is 5.92 Å². The number of likely N-dealkylation sites (N-methyl/N-ethyl adjacent to an activating group) is 1. The SMILES string of the molecule is Cc1ccc(N(C)CCNC(=O)[C@H]2CCCN(S(=O)(=O)N(C)C)C2)cc1. The zero-order valence-corrected chi connectivity index (χ0v) is 16.9. The second kappa shape index (κ2) is 8.83. The van der Waals surface area contributed by atoms with E-state index in [0.29, 0.717) is 26.1 Å². The van der Waals surface area contributed by atoms with Gasteiger partial charge in [-0.2, -0.15) is 17.0 Å². The third-order valence-electron chi connectivity index (χ3n) is 4.76. The van der Waals surface area contributed by atoms with Gasteiger partial charge in [0.15, 0.2) is 0 Å². The van der Waals surface area contributed by atoms with Crippen LogP contribution in [0.5, 0.6) is 0 Å². The number of anilines is 1. The molecule has 0 spiro atoms. The molecule has 1 aliphatic heterocycles. The lowest BCUT2D eigenvalue weighted by Gasteiger charge is -2.32. The van der Waals surface area contributed by atoms with Gasteiger partial charge in [-0.1, -0.05) is 17.7 Å². The van der Waals surface area contributed by atoms with E-state index in [1.807, 2.05) is 14.0 Å². The predicted octanol–water partition coefficient (Wildman–Crippen LogP) is 1.07. The number of piperidine rings is 1. The van der Waals surface area contributed by atoms with Crippen LogP contribution in [-0.4, -0.2) is 70.3 Å². The van der Waals surface area contributed by atoms with Gasteiger partial charge in [0.25, 0.3) is 10.2 Å². The van der Waals surface area contributed by atoms with E-state index < -0.39 is 10.2 Å². The summed E-state index contributed by atoms with van der Waals surface area (Å²) in [5, 5.41) is 2.95. The van der Waals surface area contributed by atoms with Gasteiger partial charge in [-0.25, -0.2) is 0 Å². The summed E-state index contributed by atoms with van der Waals surface area (Å²) in [6.07, 6.45) is 1.42. The number of aryl methyl sites for hydroxylation is 1. The largest absolute Gasteiger partial charge is 0.373 e. The number of hydrogen-bond donors (Lipinski definition) is 1. The molecule has 1 aromatic carbocycles. The van der Waals surface area contributed by atoms with Crippen molar-refractivity contribution in [3.63, 3.8) is 0 Å². The summed E-state index contributed by atoms with van der Waals surface area (Å²) in [5.74, 6) is -0.357. The summed E-state index contributed by atoms with van der Waals surface area (Å²) < 4.78 is 27.1. The maximum absolute atomic E-state index is 12.4. The molecule has 0 unspecified atom stereocenters. The monoisotopic (exact) mass is 382 g/mol. The minimum atomic E-state index is -3.46. The molecule has 26 heavy (non-hydrogen) atoms. The van der Waals surface area contributed by atoms with E-state index in [9.17, 15) is 13.2 Å². The molecular weight excluding hydrogens is 352 g/mol. The van der Waals surface area contributed by atoms with E-state index in [2.05, 4.69) is 34.5 Å². The molecule has 7 nitrogen and oxygen atoms in total. The summed E-state index contributed by atoms with van der Waals surface area (Å²) in [6.45, 7) is 4.00. The van der Waals surface area contributed by atoms with Crippen LogP contribution in [0.2, 0.25) is 0 Å². The second-order valence-corrected chi connectivity index (χ2v) is 9.18. The third-order valence-corrected chi connectivity index (χ3v) is 6.67. The van der Waals surface area contributed by atoms with Crippen molar-refractivity contribution in [2.75, 3.05) is 52.2 Å². The third kappa shape index (κ3) is 5.18. The summed E-state index contributed by atoms with van der Waals surface area (Å²) in [4.78, 5) is 14.5. The molecule has 1 atom stereocenters. The first kappa shape index (κ1) is 20.7. The van der Waals surface area contributed by atoms with Gasteiger partial charge in [-0.3, -0.25) is 4.79 Å². The van der Waals surface area contributed by atoms with Gasteiger partial charge in [0.2, 0.25) is 5.91 Å². The molecule has 1 heterocycles.